The van der Waals surface area contributed by atoms with Crippen LogP contribution in [0.4, 0.5) is 0 Å². The molecular weight excluding hydrogens is 264 g/mol. The maximum atomic E-state index is 11.9. The molecule has 0 aromatic carbocycles. The molecule has 0 aliphatic heterocycles. The van der Waals surface area contributed by atoms with Crippen LogP contribution in [0.3, 0.4) is 0 Å². The smallest absolute Gasteiger partial charge is 0.305 e. The molecule has 2 atom stereocenters. The van der Waals surface area contributed by atoms with Crippen molar-refractivity contribution in [3.63, 3.8) is 0 Å². The number of nitrogens with one attached hydrogen (secondary N) is 1. The Morgan fingerprint density at radius 2 is 2.26 bits per heavy atom. The third-order valence-corrected chi connectivity index (χ3v) is 3.77. The predicted octanol–water partition coefficient (Wildman–Crippen LogP) is 1.90. The lowest BCUT2D eigenvalue weighted by Gasteiger charge is -2.18. The quantitative estimate of drug-likeness (QED) is 0.679. The molecule has 0 radical (unpaired) electrons. The summed E-state index contributed by atoms with van der Waals surface area (Å²) in [5, 5.41) is 13.5. The highest BCUT2D eigenvalue weighted by atomic mass is 32.1. The molecule has 6 heteroatoms. The van der Waals surface area contributed by atoms with Crippen LogP contribution in [0.1, 0.15) is 43.5 Å². The van der Waals surface area contributed by atoms with Gasteiger partial charge in [0.2, 0.25) is 5.91 Å². The SMILES string of the molecule is CCCCC(N)C(=O)NC(CC(=O)O)c1cccs1. The van der Waals surface area contributed by atoms with Gasteiger partial charge >= 0.3 is 5.97 Å². The van der Waals surface area contributed by atoms with Gasteiger partial charge in [0.25, 0.3) is 0 Å². The first-order chi connectivity index (χ1) is 9.04. The molecule has 1 aromatic rings. The lowest BCUT2D eigenvalue weighted by molar-refractivity contribution is -0.137. The van der Waals surface area contributed by atoms with Crippen LogP contribution in [0.25, 0.3) is 0 Å². The van der Waals surface area contributed by atoms with Crippen LogP contribution >= 0.6 is 11.3 Å². The number of thiophene rings is 1. The molecule has 5 nitrogen and oxygen atoms in total. The van der Waals surface area contributed by atoms with Crippen molar-refractivity contribution in [3.05, 3.63) is 22.4 Å². The highest BCUT2D eigenvalue weighted by Gasteiger charge is 2.21. The highest BCUT2D eigenvalue weighted by Crippen LogP contribution is 2.22. The number of amides is 1. The van der Waals surface area contributed by atoms with Gasteiger partial charge < -0.3 is 16.2 Å². The van der Waals surface area contributed by atoms with Gasteiger partial charge in [-0.1, -0.05) is 25.8 Å². The van der Waals surface area contributed by atoms with Gasteiger partial charge in [0, 0.05) is 4.88 Å². The molecule has 106 valence electrons. The Kier molecular flexibility index (Phi) is 6.52. The Hall–Kier alpha value is -1.40. The third kappa shape index (κ3) is 5.40. The molecule has 2 unspecified atom stereocenters. The minimum absolute atomic E-state index is 0.132. The first-order valence-electron chi connectivity index (χ1n) is 6.35. The van der Waals surface area contributed by atoms with E-state index < -0.39 is 18.1 Å². The second-order valence-corrected chi connectivity index (χ2v) is 5.40. The molecular formula is C13H20N2O3S. The van der Waals surface area contributed by atoms with Gasteiger partial charge in [0.1, 0.15) is 0 Å². The second kappa shape index (κ2) is 7.91. The van der Waals surface area contributed by atoms with E-state index in [9.17, 15) is 9.59 Å². The van der Waals surface area contributed by atoms with Crippen LogP contribution in [0.15, 0.2) is 17.5 Å². The molecule has 0 aliphatic carbocycles. The predicted molar refractivity (Wildman–Crippen MR) is 75.0 cm³/mol. The van der Waals surface area contributed by atoms with Crippen LogP contribution < -0.4 is 11.1 Å². The fraction of sp³-hybridized carbons (Fsp3) is 0.538. The zero-order valence-corrected chi connectivity index (χ0v) is 11.8. The van der Waals surface area contributed by atoms with Crippen molar-refractivity contribution in [2.45, 2.75) is 44.7 Å². The van der Waals surface area contributed by atoms with Crippen LogP contribution in [0.2, 0.25) is 0 Å². The van der Waals surface area contributed by atoms with E-state index in [0.717, 1.165) is 17.7 Å². The van der Waals surface area contributed by atoms with E-state index in [1.54, 1.807) is 0 Å². The van der Waals surface area contributed by atoms with Crippen LogP contribution in [0, 0.1) is 0 Å². The van der Waals surface area contributed by atoms with E-state index in [0.29, 0.717) is 6.42 Å². The van der Waals surface area contributed by atoms with Gasteiger partial charge in [0.15, 0.2) is 0 Å². The molecule has 1 amide bonds. The molecule has 1 aromatic heterocycles. The number of hydrogen-bond donors (Lipinski definition) is 3. The summed E-state index contributed by atoms with van der Waals surface area (Å²) in [4.78, 5) is 23.6. The van der Waals surface area contributed by atoms with E-state index in [2.05, 4.69) is 5.32 Å². The van der Waals surface area contributed by atoms with E-state index >= 15 is 0 Å². The number of carboxylic acid groups (broad SMARTS) is 1. The third-order valence-electron chi connectivity index (χ3n) is 2.79. The standard InChI is InChI=1S/C13H20N2O3S/c1-2-3-5-9(14)13(18)15-10(8-12(16)17)11-6-4-7-19-11/h4,6-7,9-10H,2-3,5,8,14H2,1H3,(H,15,18)(H,16,17). The number of carbonyl (C=O) groups excluding carboxylic acids is 1. The average molecular weight is 284 g/mol. The Balaban J connectivity index is 2.62. The number of unbranched alkanes of at least 4 members (excludes halogenated alkanes) is 1. The average Bonchev–Trinajstić information content (AvgIpc) is 2.88. The van der Waals surface area contributed by atoms with E-state index in [-0.39, 0.29) is 12.3 Å². The summed E-state index contributed by atoms with van der Waals surface area (Å²) >= 11 is 1.43. The lowest BCUT2D eigenvalue weighted by atomic mass is 10.1. The maximum absolute atomic E-state index is 11.9. The zero-order valence-electron chi connectivity index (χ0n) is 11.0. The van der Waals surface area contributed by atoms with E-state index in [1.807, 2.05) is 24.4 Å². The van der Waals surface area contributed by atoms with Crippen molar-refractivity contribution >= 4 is 23.2 Å². The van der Waals surface area contributed by atoms with Crippen molar-refractivity contribution in [1.29, 1.82) is 0 Å². The second-order valence-electron chi connectivity index (χ2n) is 4.42. The Labute approximate surface area is 116 Å². The highest BCUT2D eigenvalue weighted by molar-refractivity contribution is 7.10. The Morgan fingerprint density at radius 3 is 2.79 bits per heavy atom. The van der Waals surface area contributed by atoms with Gasteiger partial charge in [-0.2, -0.15) is 0 Å². The minimum Gasteiger partial charge on any atom is -0.481 e. The summed E-state index contributed by atoms with van der Waals surface area (Å²) in [5.41, 5.74) is 5.78. The number of carbonyl (C=O) groups is 2. The number of carboxylic acids is 1. The normalized spacial score (nSPS) is 13.8. The van der Waals surface area contributed by atoms with Crippen LogP contribution in [-0.4, -0.2) is 23.0 Å². The topological polar surface area (TPSA) is 92.4 Å². The first kappa shape index (κ1) is 15.7. The molecule has 19 heavy (non-hydrogen) atoms. The lowest BCUT2D eigenvalue weighted by Crippen LogP contribution is -2.42. The molecule has 4 N–H and O–H groups in total. The first-order valence-corrected chi connectivity index (χ1v) is 7.23. The summed E-state index contributed by atoms with van der Waals surface area (Å²) < 4.78 is 0. The molecule has 0 spiro atoms. The molecule has 1 heterocycles. The number of aliphatic carboxylic acids is 1. The number of nitrogens with two attached hydrogens (primary N) is 1. The summed E-state index contributed by atoms with van der Waals surface area (Å²) in [6.45, 7) is 2.03. The van der Waals surface area contributed by atoms with Gasteiger partial charge in [-0.15, -0.1) is 11.3 Å². The largest absolute Gasteiger partial charge is 0.481 e. The van der Waals surface area contributed by atoms with Crippen molar-refractivity contribution in [2.24, 2.45) is 5.73 Å². The van der Waals surface area contributed by atoms with Gasteiger partial charge in [-0.05, 0) is 17.9 Å². The molecule has 0 bridgehead atoms. The monoisotopic (exact) mass is 284 g/mol. The van der Waals surface area contributed by atoms with E-state index in [1.165, 1.54) is 11.3 Å². The van der Waals surface area contributed by atoms with Gasteiger partial charge in [-0.3, -0.25) is 9.59 Å². The summed E-state index contributed by atoms with van der Waals surface area (Å²) in [6.07, 6.45) is 2.35. The summed E-state index contributed by atoms with van der Waals surface area (Å²) in [6, 6.07) is 2.57. The van der Waals surface area contributed by atoms with Crippen molar-refractivity contribution in [1.82, 2.24) is 5.32 Å². The van der Waals surface area contributed by atoms with Crippen molar-refractivity contribution < 1.29 is 14.7 Å². The van der Waals surface area contributed by atoms with Crippen LogP contribution in [-0.2, 0) is 9.59 Å². The molecule has 0 saturated heterocycles. The maximum Gasteiger partial charge on any atom is 0.305 e. The molecule has 0 aliphatic rings. The summed E-state index contributed by atoms with van der Waals surface area (Å²) in [5.74, 6) is -1.23. The Morgan fingerprint density at radius 1 is 1.53 bits per heavy atom. The number of hydrogen-bond acceptors (Lipinski definition) is 4. The molecule has 0 saturated carbocycles. The Bertz CT molecular complexity index is 406. The molecule has 1 rings (SSSR count). The minimum atomic E-state index is -0.944. The van der Waals surface area contributed by atoms with E-state index in [4.69, 9.17) is 10.8 Å². The fourth-order valence-corrected chi connectivity index (χ4v) is 2.50. The van der Waals surface area contributed by atoms with Gasteiger partial charge in [0.05, 0.1) is 18.5 Å². The zero-order chi connectivity index (χ0) is 14.3. The fourth-order valence-electron chi connectivity index (χ4n) is 1.72. The van der Waals surface area contributed by atoms with Crippen LogP contribution in [0.5, 0.6) is 0 Å². The van der Waals surface area contributed by atoms with Crippen molar-refractivity contribution in [3.8, 4) is 0 Å². The molecule has 0 fully saturated rings. The van der Waals surface area contributed by atoms with Gasteiger partial charge in [-0.25, -0.2) is 0 Å². The summed E-state index contributed by atoms with van der Waals surface area (Å²) in [7, 11) is 0. The van der Waals surface area contributed by atoms with Crippen molar-refractivity contribution in [2.75, 3.05) is 0 Å². The number of rotatable bonds is 8.